The second-order valence-electron chi connectivity index (χ2n) is 0.786. The minimum Gasteiger partial charge on any atom is -0.286 e. The van der Waals surface area contributed by atoms with Gasteiger partial charge < -0.3 is 0 Å². The van der Waals surface area contributed by atoms with Crippen molar-refractivity contribution >= 4 is 10.1 Å². The van der Waals surface area contributed by atoms with Gasteiger partial charge >= 0.3 is 0 Å². The molecule has 6 heavy (non-hydrogen) atoms. The molecule has 0 amide bonds. The Kier molecular flexibility index (Phi) is 1.55. The van der Waals surface area contributed by atoms with Gasteiger partial charge in [-0.2, -0.15) is 8.42 Å². The summed E-state index contributed by atoms with van der Waals surface area (Å²) in [6, 6.07) is 0. The summed E-state index contributed by atoms with van der Waals surface area (Å²) in [4.78, 5) is 0. The van der Waals surface area contributed by atoms with Crippen LogP contribution < -0.4 is 0 Å². The van der Waals surface area contributed by atoms with Crippen molar-refractivity contribution in [3.63, 3.8) is 0 Å². The van der Waals surface area contributed by atoms with Crippen LogP contribution in [0.3, 0.4) is 0 Å². The molecule has 0 bridgehead atoms. The summed E-state index contributed by atoms with van der Waals surface area (Å²) in [5.74, 6) is -0.451. The topological polar surface area (TPSA) is 54.4 Å². The molecule has 4 heteroatoms. The van der Waals surface area contributed by atoms with Gasteiger partial charge in [-0.1, -0.05) is 0 Å². The van der Waals surface area contributed by atoms with E-state index in [9.17, 15) is 8.42 Å². The first kappa shape index (κ1) is 5.91. The SMILES string of the molecule is [CH2]CS(=O)(=O)O. The maximum Gasteiger partial charge on any atom is 0.264 e. The van der Waals surface area contributed by atoms with Gasteiger partial charge in [0.05, 0.1) is 5.75 Å². The van der Waals surface area contributed by atoms with E-state index in [1.165, 1.54) is 0 Å². The molecule has 0 aliphatic rings. The molecule has 0 aromatic heterocycles. The van der Waals surface area contributed by atoms with Crippen LogP contribution in [0.2, 0.25) is 0 Å². The summed E-state index contributed by atoms with van der Waals surface area (Å²) >= 11 is 0. The van der Waals surface area contributed by atoms with Gasteiger partial charge in [-0.05, 0) is 6.92 Å². The summed E-state index contributed by atoms with van der Waals surface area (Å²) in [6.07, 6.45) is 0. The molecular weight excluding hydrogens is 104 g/mol. The summed E-state index contributed by atoms with van der Waals surface area (Å²) in [5.41, 5.74) is 0. The molecule has 0 heterocycles. The fourth-order valence-corrected chi connectivity index (χ4v) is 0. The maximum absolute atomic E-state index is 9.49. The van der Waals surface area contributed by atoms with E-state index in [4.69, 9.17) is 4.55 Å². The molecule has 0 saturated heterocycles. The van der Waals surface area contributed by atoms with Gasteiger partial charge in [-0.3, -0.25) is 4.55 Å². The van der Waals surface area contributed by atoms with Gasteiger partial charge in [-0.15, -0.1) is 0 Å². The first-order valence-electron chi connectivity index (χ1n) is 1.30. The van der Waals surface area contributed by atoms with Crippen LogP contribution in [0.15, 0.2) is 0 Å². The van der Waals surface area contributed by atoms with Crippen molar-refractivity contribution in [1.29, 1.82) is 0 Å². The van der Waals surface area contributed by atoms with Crippen molar-refractivity contribution < 1.29 is 13.0 Å². The molecule has 0 saturated carbocycles. The lowest BCUT2D eigenvalue weighted by Gasteiger charge is -1.79. The second kappa shape index (κ2) is 1.57. The summed E-state index contributed by atoms with van der Waals surface area (Å²) in [5, 5.41) is 0. The molecule has 0 fully saturated rings. The van der Waals surface area contributed by atoms with E-state index in [2.05, 4.69) is 6.92 Å². The zero-order valence-electron chi connectivity index (χ0n) is 3.09. The fraction of sp³-hybridized carbons (Fsp3) is 0.500. The molecule has 0 spiro atoms. The average Bonchev–Trinajstić information content (AvgIpc) is 1.35. The van der Waals surface area contributed by atoms with Crippen LogP contribution in [-0.4, -0.2) is 18.7 Å². The first-order valence-corrected chi connectivity index (χ1v) is 2.91. The van der Waals surface area contributed by atoms with Crippen molar-refractivity contribution in [3.8, 4) is 0 Å². The number of hydrogen-bond donors (Lipinski definition) is 1. The molecule has 37 valence electrons. The Morgan fingerprint density at radius 1 is 1.67 bits per heavy atom. The third-order valence-electron chi connectivity index (χ3n) is 0.258. The Morgan fingerprint density at radius 2 is 1.83 bits per heavy atom. The summed E-state index contributed by atoms with van der Waals surface area (Å²) < 4.78 is 26.7. The van der Waals surface area contributed by atoms with Gasteiger partial charge in [0.1, 0.15) is 0 Å². The highest BCUT2D eigenvalue weighted by Crippen LogP contribution is 1.73. The molecule has 0 aliphatic heterocycles. The highest BCUT2D eigenvalue weighted by molar-refractivity contribution is 7.85. The normalized spacial score (nSPS) is 11.7. The molecule has 0 rings (SSSR count). The standard InChI is InChI=1S/C2H5O3S/c1-2-6(3,4)5/h1-2H2,(H,3,4,5). The van der Waals surface area contributed by atoms with Gasteiger partial charge in [0.2, 0.25) is 0 Å². The van der Waals surface area contributed by atoms with E-state index in [0.29, 0.717) is 0 Å². The van der Waals surface area contributed by atoms with E-state index >= 15 is 0 Å². The lowest BCUT2D eigenvalue weighted by molar-refractivity contribution is 0.486. The third-order valence-corrected chi connectivity index (χ3v) is 0.774. The van der Waals surface area contributed by atoms with Gasteiger partial charge in [0.15, 0.2) is 0 Å². The van der Waals surface area contributed by atoms with Gasteiger partial charge in [-0.25, -0.2) is 0 Å². The quantitative estimate of drug-likeness (QED) is 0.471. The monoisotopic (exact) mass is 109 g/mol. The molecular formula is C2H5O3S. The van der Waals surface area contributed by atoms with Crippen LogP contribution in [0.25, 0.3) is 0 Å². The maximum atomic E-state index is 9.49. The van der Waals surface area contributed by atoms with E-state index < -0.39 is 15.9 Å². The Bertz CT molecular complexity index is 111. The van der Waals surface area contributed by atoms with Crippen molar-refractivity contribution in [2.75, 3.05) is 5.75 Å². The Balaban J connectivity index is 3.85. The highest BCUT2D eigenvalue weighted by Gasteiger charge is 1.93. The second-order valence-corrected chi connectivity index (χ2v) is 2.36. The average molecular weight is 109 g/mol. The Hall–Kier alpha value is -0.0900. The van der Waals surface area contributed by atoms with Gasteiger partial charge in [0.25, 0.3) is 10.1 Å². The third kappa shape index (κ3) is 3.91. The van der Waals surface area contributed by atoms with Crippen molar-refractivity contribution in [2.45, 2.75) is 0 Å². The van der Waals surface area contributed by atoms with Crippen LogP contribution in [0, 0.1) is 6.92 Å². The largest absolute Gasteiger partial charge is 0.286 e. The Morgan fingerprint density at radius 3 is 1.83 bits per heavy atom. The Labute approximate surface area is 36.7 Å². The van der Waals surface area contributed by atoms with Crippen LogP contribution in [0.1, 0.15) is 0 Å². The van der Waals surface area contributed by atoms with Crippen molar-refractivity contribution in [1.82, 2.24) is 0 Å². The lowest BCUT2D eigenvalue weighted by Crippen LogP contribution is -1.98. The predicted octanol–water partition coefficient (Wildman–Crippen LogP) is -0.292. The summed E-state index contributed by atoms with van der Waals surface area (Å²) in [6.45, 7) is 2.92. The van der Waals surface area contributed by atoms with Gasteiger partial charge in [0, 0.05) is 0 Å². The highest BCUT2D eigenvalue weighted by atomic mass is 32.2. The molecule has 1 N–H and O–H groups in total. The molecule has 1 radical (unpaired) electrons. The molecule has 0 unspecified atom stereocenters. The van der Waals surface area contributed by atoms with Crippen molar-refractivity contribution in [2.24, 2.45) is 0 Å². The zero-order valence-corrected chi connectivity index (χ0v) is 3.90. The van der Waals surface area contributed by atoms with E-state index in [0.717, 1.165) is 0 Å². The number of hydrogen-bond acceptors (Lipinski definition) is 2. The molecule has 0 aromatic carbocycles. The number of rotatable bonds is 1. The van der Waals surface area contributed by atoms with E-state index in [1.807, 2.05) is 0 Å². The van der Waals surface area contributed by atoms with Crippen LogP contribution in [-0.2, 0) is 10.1 Å². The molecule has 3 nitrogen and oxygen atoms in total. The van der Waals surface area contributed by atoms with E-state index in [1.54, 1.807) is 0 Å². The predicted molar refractivity (Wildman–Crippen MR) is 21.8 cm³/mol. The molecule has 0 aromatic rings. The van der Waals surface area contributed by atoms with Crippen LogP contribution in [0.5, 0.6) is 0 Å². The lowest BCUT2D eigenvalue weighted by atomic mass is 11.0. The minimum absolute atomic E-state index is 0.451. The molecule has 0 aliphatic carbocycles. The smallest absolute Gasteiger partial charge is 0.264 e. The zero-order chi connectivity index (χ0) is 5.21. The fourth-order valence-electron chi connectivity index (χ4n) is 0. The first-order chi connectivity index (χ1) is 2.56. The molecule has 0 atom stereocenters. The summed E-state index contributed by atoms with van der Waals surface area (Å²) in [7, 11) is -3.77. The van der Waals surface area contributed by atoms with Crippen LogP contribution in [0.4, 0.5) is 0 Å². The van der Waals surface area contributed by atoms with Crippen molar-refractivity contribution in [3.05, 3.63) is 6.92 Å². The van der Waals surface area contributed by atoms with E-state index in [-0.39, 0.29) is 0 Å². The van der Waals surface area contributed by atoms with Crippen LogP contribution >= 0.6 is 0 Å². The minimum atomic E-state index is -3.77.